The largest absolute Gasteiger partial charge is 0.458 e. The molecular formula is C28H41ClFNO6. The van der Waals surface area contributed by atoms with Crippen LogP contribution in [0.1, 0.15) is 72.1 Å². The van der Waals surface area contributed by atoms with E-state index in [9.17, 15) is 24.6 Å². The maximum atomic E-state index is 17.2. The van der Waals surface area contributed by atoms with Gasteiger partial charge in [-0.1, -0.05) is 31.9 Å². The van der Waals surface area contributed by atoms with Gasteiger partial charge in [0.25, 0.3) is 0 Å². The molecule has 0 aromatic heterocycles. The van der Waals surface area contributed by atoms with E-state index >= 15 is 4.39 Å². The summed E-state index contributed by atoms with van der Waals surface area (Å²) in [7, 11) is 0. The minimum absolute atomic E-state index is 0. The van der Waals surface area contributed by atoms with Gasteiger partial charge < -0.3 is 20.7 Å². The van der Waals surface area contributed by atoms with Crippen molar-refractivity contribution in [1.29, 1.82) is 0 Å². The van der Waals surface area contributed by atoms with Crippen LogP contribution in [-0.4, -0.2) is 58.3 Å². The van der Waals surface area contributed by atoms with Gasteiger partial charge in [0.1, 0.15) is 5.60 Å². The summed E-state index contributed by atoms with van der Waals surface area (Å²) in [5.41, 5.74) is 0.0637. The smallest absolute Gasteiger partial charge is 0.306 e. The van der Waals surface area contributed by atoms with Crippen LogP contribution < -0.4 is 5.73 Å². The Morgan fingerprint density at radius 1 is 1.22 bits per heavy atom. The van der Waals surface area contributed by atoms with Crippen molar-refractivity contribution in [2.24, 2.45) is 34.3 Å². The van der Waals surface area contributed by atoms with Crippen LogP contribution in [0.5, 0.6) is 0 Å². The fraction of sp³-hybridized carbons (Fsp3) is 0.750. The lowest BCUT2D eigenvalue weighted by Crippen LogP contribution is -2.69. The second kappa shape index (κ2) is 10.5. The van der Waals surface area contributed by atoms with E-state index in [1.807, 2.05) is 0 Å². The van der Waals surface area contributed by atoms with Gasteiger partial charge in [0.05, 0.1) is 6.10 Å². The zero-order valence-electron chi connectivity index (χ0n) is 22.0. The predicted octanol–water partition coefficient (Wildman–Crippen LogP) is 3.39. The molecule has 3 saturated carbocycles. The number of rotatable bonds is 8. The normalized spacial score (nSPS) is 42.1. The average Bonchev–Trinajstić information content (AvgIpc) is 3.03. The van der Waals surface area contributed by atoms with Crippen molar-refractivity contribution in [2.75, 3.05) is 13.2 Å². The van der Waals surface area contributed by atoms with Crippen molar-refractivity contribution in [1.82, 2.24) is 0 Å². The van der Waals surface area contributed by atoms with Gasteiger partial charge in [-0.05, 0) is 76.0 Å². The number of nitrogens with two attached hydrogens (primary N) is 1. The Kier molecular flexibility index (Phi) is 8.51. The number of aliphatic hydroxyl groups excluding tert-OH is 1. The Hall–Kier alpha value is -1.61. The number of aliphatic hydroxyl groups is 2. The Balaban J connectivity index is 0.00000380. The molecule has 0 saturated heterocycles. The van der Waals surface area contributed by atoms with Gasteiger partial charge in [0, 0.05) is 23.2 Å². The Morgan fingerprint density at radius 2 is 1.92 bits per heavy atom. The summed E-state index contributed by atoms with van der Waals surface area (Å²) in [5.74, 6) is -2.72. The van der Waals surface area contributed by atoms with E-state index in [0.29, 0.717) is 37.8 Å². The van der Waals surface area contributed by atoms with Gasteiger partial charge in [0.15, 0.2) is 18.1 Å². The van der Waals surface area contributed by atoms with E-state index in [0.717, 1.165) is 12.8 Å². The first-order valence-corrected chi connectivity index (χ1v) is 13.3. The fourth-order valence-corrected chi connectivity index (χ4v) is 8.06. The highest BCUT2D eigenvalue weighted by Gasteiger charge is 2.75. The molecule has 0 aliphatic heterocycles. The van der Waals surface area contributed by atoms with Gasteiger partial charge >= 0.3 is 5.97 Å². The lowest BCUT2D eigenvalue weighted by molar-refractivity contribution is -0.220. The third-order valence-corrected chi connectivity index (χ3v) is 10.1. The first-order valence-electron chi connectivity index (χ1n) is 13.3. The maximum Gasteiger partial charge on any atom is 0.306 e. The molecule has 0 amide bonds. The molecule has 3 fully saturated rings. The number of unbranched alkanes of at least 4 members (excludes halogenated alkanes) is 2. The summed E-state index contributed by atoms with van der Waals surface area (Å²) < 4.78 is 22.4. The average molecular weight is 542 g/mol. The summed E-state index contributed by atoms with van der Waals surface area (Å²) >= 11 is 0. The molecule has 0 spiro atoms. The van der Waals surface area contributed by atoms with Crippen LogP contribution in [0.15, 0.2) is 23.8 Å². The summed E-state index contributed by atoms with van der Waals surface area (Å²) in [5, 5.41) is 23.3. The van der Waals surface area contributed by atoms with Gasteiger partial charge in [-0.2, -0.15) is 0 Å². The van der Waals surface area contributed by atoms with Crippen molar-refractivity contribution in [3.05, 3.63) is 23.8 Å². The lowest BCUT2D eigenvalue weighted by atomic mass is 9.44. The molecule has 8 atom stereocenters. The number of ether oxygens (including phenoxy) is 1. The van der Waals surface area contributed by atoms with E-state index in [2.05, 4.69) is 0 Å². The fourth-order valence-electron chi connectivity index (χ4n) is 8.06. The minimum atomic E-state index is -2.03. The number of carbonyl (C=O) groups is 3. The number of halogens is 2. The Morgan fingerprint density at radius 3 is 2.59 bits per heavy atom. The van der Waals surface area contributed by atoms with Crippen molar-refractivity contribution >= 4 is 29.9 Å². The van der Waals surface area contributed by atoms with Crippen molar-refractivity contribution in [3.8, 4) is 0 Å². The highest BCUT2D eigenvalue weighted by Crippen LogP contribution is 2.70. The minimum Gasteiger partial charge on any atom is -0.458 e. The highest BCUT2D eigenvalue weighted by molar-refractivity contribution is 6.01. The summed E-state index contributed by atoms with van der Waals surface area (Å²) in [6.07, 6.45) is 6.67. The predicted molar refractivity (Wildman–Crippen MR) is 139 cm³/mol. The lowest BCUT2D eigenvalue weighted by Gasteiger charge is -2.62. The SMILES string of the molecule is C[C@H]1C[C@H]2[C@@H]3CCC4=CC(=O)C=C[C@]4(C)[C@@]3(F)[C@@H](O)C[C@]2(C)[C@@]1(O)C(=O)COC(=O)CCCCCN.Cl. The molecule has 208 valence electrons. The molecule has 0 unspecified atom stereocenters. The number of alkyl halides is 1. The number of hydrogen-bond acceptors (Lipinski definition) is 7. The molecule has 0 bridgehead atoms. The highest BCUT2D eigenvalue weighted by atomic mass is 35.5. The summed E-state index contributed by atoms with van der Waals surface area (Å²) in [4.78, 5) is 37.5. The molecule has 37 heavy (non-hydrogen) atoms. The molecule has 4 aliphatic rings. The van der Waals surface area contributed by atoms with E-state index in [1.54, 1.807) is 26.8 Å². The molecule has 4 aliphatic carbocycles. The van der Waals surface area contributed by atoms with E-state index in [1.165, 1.54) is 12.2 Å². The Bertz CT molecular complexity index is 1000. The summed E-state index contributed by atoms with van der Waals surface area (Å²) in [6.45, 7) is 5.29. The first-order chi connectivity index (χ1) is 16.9. The number of Topliss-reactive ketones (excluding diaryl/α,β-unsaturated/α-hetero) is 1. The zero-order chi connectivity index (χ0) is 26.5. The molecular weight excluding hydrogens is 501 g/mol. The third-order valence-electron chi connectivity index (χ3n) is 10.1. The molecule has 0 heterocycles. The molecule has 9 heteroatoms. The molecule has 7 nitrogen and oxygen atoms in total. The van der Waals surface area contributed by atoms with Crippen LogP contribution in [0.2, 0.25) is 0 Å². The molecule has 0 aromatic rings. The van der Waals surface area contributed by atoms with E-state index in [-0.39, 0.29) is 36.9 Å². The van der Waals surface area contributed by atoms with Gasteiger partial charge in [-0.3, -0.25) is 14.4 Å². The monoisotopic (exact) mass is 541 g/mol. The summed E-state index contributed by atoms with van der Waals surface area (Å²) in [6, 6.07) is 0. The second-order valence-corrected chi connectivity index (χ2v) is 11.9. The molecule has 4 N–H and O–H groups in total. The van der Waals surface area contributed by atoms with Gasteiger partial charge in [0.2, 0.25) is 5.78 Å². The molecule has 0 aromatic carbocycles. The quantitative estimate of drug-likeness (QED) is 0.317. The molecule has 0 radical (unpaired) electrons. The van der Waals surface area contributed by atoms with Crippen molar-refractivity contribution in [3.63, 3.8) is 0 Å². The number of carbonyl (C=O) groups excluding carboxylic acids is 3. The van der Waals surface area contributed by atoms with Gasteiger partial charge in [-0.25, -0.2) is 4.39 Å². The standard InChI is InChI=1S/C28H40FNO6.ClH/c1-17-13-21-20-9-8-18-14-19(31)10-11-25(18,2)27(20,29)22(32)15-26(21,3)28(17,35)23(33)16-36-24(34)7-5-4-6-12-30;/h10-11,14,17,20-22,32,35H,4-9,12-13,15-16,30H2,1-3H3;1H/t17-,20-,21-,22-,25-,26-,27-,28-;/m0./s1. The first kappa shape index (κ1) is 29.9. The Labute approximate surface area is 224 Å². The van der Waals surface area contributed by atoms with Crippen LogP contribution in [0.25, 0.3) is 0 Å². The van der Waals surface area contributed by atoms with Crippen LogP contribution in [0, 0.1) is 28.6 Å². The van der Waals surface area contributed by atoms with Crippen LogP contribution >= 0.6 is 12.4 Å². The second-order valence-electron chi connectivity index (χ2n) is 11.9. The van der Waals surface area contributed by atoms with E-state index in [4.69, 9.17) is 10.5 Å². The maximum absolute atomic E-state index is 17.2. The number of allylic oxidation sites excluding steroid dienone is 4. The topological polar surface area (TPSA) is 127 Å². The van der Waals surface area contributed by atoms with Crippen LogP contribution in [0.3, 0.4) is 0 Å². The van der Waals surface area contributed by atoms with Crippen molar-refractivity contribution < 1.29 is 33.7 Å². The number of ketones is 2. The van der Waals surface area contributed by atoms with Crippen LogP contribution in [0.4, 0.5) is 4.39 Å². The number of hydrogen-bond donors (Lipinski definition) is 3. The van der Waals surface area contributed by atoms with Crippen LogP contribution in [-0.2, 0) is 19.1 Å². The van der Waals surface area contributed by atoms with E-state index < -0.39 is 58.4 Å². The molecule has 4 rings (SSSR count). The number of fused-ring (bicyclic) bond motifs is 5. The zero-order valence-corrected chi connectivity index (χ0v) is 22.8. The number of esters is 1. The third kappa shape index (κ3) is 4.32. The van der Waals surface area contributed by atoms with Gasteiger partial charge in [-0.15, -0.1) is 12.4 Å². The van der Waals surface area contributed by atoms with Crippen molar-refractivity contribution in [2.45, 2.75) is 89.5 Å².